The van der Waals surface area contributed by atoms with Gasteiger partial charge in [-0.3, -0.25) is 4.79 Å². The van der Waals surface area contributed by atoms with Crippen molar-refractivity contribution in [3.05, 3.63) is 0 Å². The van der Waals surface area contributed by atoms with Crippen LogP contribution in [-0.4, -0.2) is 50.7 Å². The Labute approximate surface area is 85.6 Å². The lowest BCUT2D eigenvalue weighted by Gasteiger charge is -2.31. The predicted molar refractivity (Wildman–Crippen MR) is 55.2 cm³/mol. The normalized spacial score (nSPS) is 22.0. The second-order valence-electron chi connectivity index (χ2n) is 3.75. The molecule has 0 aromatic rings. The van der Waals surface area contributed by atoms with E-state index < -0.39 is 0 Å². The van der Waals surface area contributed by atoms with Crippen LogP contribution < -0.4 is 5.32 Å². The van der Waals surface area contributed by atoms with E-state index in [9.17, 15) is 4.79 Å². The molecule has 0 saturated carbocycles. The zero-order valence-corrected chi connectivity index (χ0v) is 9.08. The summed E-state index contributed by atoms with van der Waals surface area (Å²) in [5.74, 6) is 0.181. The highest BCUT2D eigenvalue weighted by Gasteiger charge is 2.21. The number of piperidine rings is 1. The Morgan fingerprint density at radius 3 is 3.00 bits per heavy atom. The SMILES string of the molecule is COCCC(=O)N(C)[C@H]1CCCNC1. The molecule has 0 bridgehead atoms. The summed E-state index contributed by atoms with van der Waals surface area (Å²) in [5.41, 5.74) is 0. The molecular weight excluding hydrogens is 180 g/mol. The Bertz CT molecular complexity index is 179. The smallest absolute Gasteiger partial charge is 0.224 e. The summed E-state index contributed by atoms with van der Waals surface area (Å²) in [5, 5.41) is 3.30. The summed E-state index contributed by atoms with van der Waals surface area (Å²) in [6.45, 7) is 2.52. The molecule has 1 heterocycles. The summed E-state index contributed by atoms with van der Waals surface area (Å²) in [7, 11) is 3.51. The van der Waals surface area contributed by atoms with Crippen molar-refractivity contribution in [2.75, 3.05) is 33.9 Å². The predicted octanol–water partition coefficient (Wildman–Crippen LogP) is 0.233. The average molecular weight is 200 g/mol. The molecule has 0 unspecified atom stereocenters. The van der Waals surface area contributed by atoms with E-state index in [1.807, 2.05) is 11.9 Å². The van der Waals surface area contributed by atoms with E-state index in [1.165, 1.54) is 0 Å². The lowest BCUT2D eigenvalue weighted by atomic mass is 10.1. The number of nitrogens with zero attached hydrogens (tertiary/aromatic N) is 1. The fourth-order valence-electron chi connectivity index (χ4n) is 1.73. The molecule has 1 aliphatic heterocycles. The second kappa shape index (κ2) is 5.98. The fraction of sp³-hybridized carbons (Fsp3) is 0.900. The monoisotopic (exact) mass is 200 g/mol. The topological polar surface area (TPSA) is 41.6 Å². The largest absolute Gasteiger partial charge is 0.384 e. The summed E-state index contributed by atoms with van der Waals surface area (Å²) in [4.78, 5) is 13.5. The van der Waals surface area contributed by atoms with Crippen molar-refractivity contribution >= 4 is 5.91 Å². The molecule has 14 heavy (non-hydrogen) atoms. The van der Waals surface area contributed by atoms with Crippen LogP contribution in [0.25, 0.3) is 0 Å². The lowest BCUT2D eigenvalue weighted by molar-refractivity contribution is -0.133. The molecule has 0 aromatic carbocycles. The van der Waals surface area contributed by atoms with E-state index in [1.54, 1.807) is 7.11 Å². The van der Waals surface area contributed by atoms with E-state index in [0.29, 0.717) is 19.1 Å². The molecule has 0 spiro atoms. The van der Waals surface area contributed by atoms with Crippen LogP contribution >= 0.6 is 0 Å². The molecule has 1 rings (SSSR count). The molecule has 0 aliphatic carbocycles. The van der Waals surface area contributed by atoms with Crippen LogP contribution in [0, 0.1) is 0 Å². The van der Waals surface area contributed by atoms with Crippen molar-refractivity contribution < 1.29 is 9.53 Å². The van der Waals surface area contributed by atoms with Gasteiger partial charge >= 0.3 is 0 Å². The average Bonchev–Trinajstić information content (AvgIpc) is 2.26. The fourth-order valence-corrected chi connectivity index (χ4v) is 1.73. The first-order chi connectivity index (χ1) is 6.75. The third kappa shape index (κ3) is 3.27. The molecule has 1 saturated heterocycles. The number of rotatable bonds is 4. The van der Waals surface area contributed by atoms with Gasteiger partial charge in [0.15, 0.2) is 0 Å². The number of methoxy groups -OCH3 is 1. The molecule has 1 N–H and O–H groups in total. The highest BCUT2D eigenvalue weighted by atomic mass is 16.5. The van der Waals surface area contributed by atoms with E-state index >= 15 is 0 Å². The van der Waals surface area contributed by atoms with Crippen LogP contribution in [0.2, 0.25) is 0 Å². The third-order valence-corrected chi connectivity index (χ3v) is 2.73. The third-order valence-electron chi connectivity index (χ3n) is 2.73. The molecule has 1 fully saturated rings. The van der Waals surface area contributed by atoms with Gasteiger partial charge < -0.3 is 15.0 Å². The van der Waals surface area contributed by atoms with Crippen LogP contribution in [-0.2, 0) is 9.53 Å². The van der Waals surface area contributed by atoms with Crippen molar-refractivity contribution in [2.45, 2.75) is 25.3 Å². The van der Waals surface area contributed by atoms with Crippen molar-refractivity contribution in [3.63, 3.8) is 0 Å². The zero-order valence-electron chi connectivity index (χ0n) is 9.08. The van der Waals surface area contributed by atoms with Gasteiger partial charge in [-0.25, -0.2) is 0 Å². The summed E-state index contributed by atoms with van der Waals surface area (Å²) in [6.07, 6.45) is 2.76. The van der Waals surface area contributed by atoms with Gasteiger partial charge in [-0.15, -0.1) is 0 Å². The Morgan fingerprint density at radius 1 is 1.64 bits per heavy atom. The molecule has 1 atom stereocenters. The molecule has 1 amide bonds. The van der Waals surface area contributed by atoms with Crippen LogP contribution in [0.3, 0.4) is 0 Å². The first-order valence-electron chi connectivity index (χ1n) is 5.21. The summed E-state index contributed by atoms with van der Waals surface area (Å²) in [6, 6.07) is 0.369. The summed E-state index contributed by atoms with van der Waals surface area (Å²) >= 11 is 0. The number of hydrogen-bond donors (Lipinski definition) is 1. The maximum absolute atomic E-state index is 11.6. The number of likely N-dealkylation sites (N-methyl/N-ethyl adjacent to an activating group) is 1. The highest BCUT2D eigenvalue weighted by Crippen LogP contribution is 2.09. The Morgan fingerprint density at radius 2 is 2.43 bits per heavy atom. The van der Waals surface area contributed by atoms with E-state index in [0.717, 1.165) is 25.9 Å². The van der Waals surface area contributed by atoms with Gasteiger partial charge in [0.25, 0.3) is 0 Å². The Balaban J connectivity index is 2.30. The molecule has 4 heteroatoms. The number of amides is 1. The van der Waals surface area contributed by atoms with Gasteiger partial charge in [-0.1, -0.05) is 0 Å². The van der Waals surface area contributed by atoms with Gasteiger partial charge in [-0.2, -0.15) is 0 Å². The van der Waals surface area contributed by atoms with Crippen molar-refractivity contribution in [1.29, 1.82) is 0 Å². The van der Waals surface area contributed by atoms with Crippen LogP contribution in [0.1, 0.15) is 19.3 Å². The molecule has 1 aliphatic rings. The van der Waals surface area contributed by atoms with E-state index in [4.69, 9.17) is 4.74 Å². The van der Waals surface area contributed by atoms with Gasteiger partial charge in [0, 0.05) is 26.7 Å². The lowest BCUT2D eigenvalue weighted by Crippen LogP contribution is -2.46. The number of carbonyl (C=O) groups is 1. The summed E-state index contributed by atoms with van der Waals surface area (Å²) < 4.78 is 4.89. The zero-order chi connectivity index (χ0) is 10.4. The Hall–Kier alpha value is -0.610. The molecular formula is C10H20N2O2. The van der Waals surface area contributed by atoms with Crippen LogP contribution in [0.4, 0.5) is 0 Å². The first-order valence-corrected chi connectivity index (χ1v) is 5.21. The van der Waals surface area contributed by atoms with Gasteiger partial charge in [-0.05, 0) is 19.4 Å². The van der Waals surface area contributed by atoms with E-state index in [-0.39, 0.29) is 5.91 Å². The number of nitrogens with one attached hydrogen (secondary N) is 1. The standard InChI is InChI=1S/C10H20N2O2/c1-12(10(13)5-7-14-2)9-4-3-6-11-8-9/h9,11H,3-8H2,1-2H3/t9-/m0/s1. The van der Waals surface area contributed by atoms with Crippen LogP contribution in [0.5, 0.6) is 0 Å². The number of hydrogen-bond acceptors (Lipinski definition) is 3. The first kappa shape index (κ1) is 11.5. The van der Waals surface area contributed by atoms with Crippen molar-refractivity contribution in [1.82, 2.24) is 10.2 Å². The minimum absolute atomic E-state index is 0.181. The molecule has 0 aromatic heterocycles. The quantitative estimate of drug-likeness (QED) is 0.706. The number of carbonyl (C=O) groups excluding carboxylic acids is 1. The Kier molecular flexibility index (Phi) is 4.90. The second-order valence-corrected chi connectivity index (χ2v) is 3.75. The van der Waals surface area contributed by atoms with Gasteiger partial charge in [0.05, 0.1) is 13.0 Å². The van der Waals surface area contributed by atoms with Crippen LogP contribution in [0.15, 0.2) is 0 Å². The molecule has 82 valence electrons. The minimum Gasteiger partial charge on any atom is -0.384 e. The van der Waals surface area contributed by atoms with Gasteiger partial charge in [0.1, 0.15) is 0 Å². The van der Waals surface area contributed by atoms with Gasteiger partial charge in [0.2, 0.25) is 5.91 Å². The highest BCUT2D eigenvalue weighted by molar-refractivity contribution is 5.76. The number of ether oxygens (including phenoxy) is 1. The van der Waals surface area contributed by atoms with Crippen molar-refractivity contribution in [3.8, 4) is 0 Å². The van der Waals surface area contributed by atoms with Crippen molar-refractivity contribution in [2.24, 2.45) is 0 Å². The maximum atomic E-state index is 11.6. The molecule has 0 radical (unpaired) electrons. The van der Waals surface area contributed by atoms with E-state index in [2.05, 4.69) is 5.32 Å². The molecule has 4 nitrogen and oxygen atoms in total. The maximum Gasteiger partial charge on any atom is 0.224 e. The minimum atomic E-state index is 0.181.